The average Bonchev–Trinajstić information content (AvgIpc) is 3.22. The summed E-state index contributed by atoms with van der Waals surface area (Å²) >= 11 is 6.23. The number of carbonyl (C=O) groups is 1. The lowest BCUT2D eigenvalue weighted by Crippen LogP contribution is -2.43. The molecule has 0 bridgehead atoms. The second-order valence-electron chi connectivity index (χ2n) is 9.63. The molecule has 1 heterocycles. The number of aromatic nitrogens is 2. The standard InChI is InChI=1S/C26H30ClN3O2/c1-17-10-20(14-26(2,3)13-17)29-25(31)23-15-28-16-30(23)21-7-5-6-18(11-21)22-12-19(27)8-9-24(22)32-4/h5-9,11-12,15-17,20H,10,13-14H2,1-4H3,(H,29,31)/t17-,20+/m0/s1. The predicted octanol–water partition coefficient (Wildman–Crippen LogP) is 6.15. The summed E-state index contributed by atoms with van der Waals surface area (Å²) in [5, 5.41) is 3.89. The second-order valence-corrected chi connectivity index (χ2v) is 10.1. The zero-order valence-corrected chi connectivity index (χ0v) is 19.8. The number of ether oxygens (including phenoxy) is 1. The molecule has 0 radical (unpaired) electrons. The van der Waals surface area contributed by atoms with E-state index in [1.165, 1.54) is 6.42 Å². The molecule has 0 spiro atoms. The van der Waals surface area contributed by atoms with Gasteiger partial charge >= 0.3 is 0 Å². The lowest BCUT2D eigenvalue weighted by Gasteiger charge is -2.39. The van der Waals surface area contributed by atoms with Gasteiger partial charge in [0.25, 0.3) is 5.91 Å². The molecule has 0 aliphatic heterocycles. The minimum atomic E-state index is -0.0943. The van der Waals surface area contributed by atoms with Crippen molar-refractivity contribution in [2.24, 2.45) is 11.3 Å². The third-order valence-corrected chi connectivity index (χ3v) is 6.43. The van der Waals surface area contributed by atoms with Crippen molar-refractivity contribution in [2.75, 3.05) is 7.11 Å². The largest absolute Gasteiger partial charge is 0.496 e. The first-order chi connectivity index (χ1) is 15.3. The summed E-state index contributed by atoms with van der Waals surface area (Å²) < 4.78 is 7.34. The van der Waals surface area contributed by atoms with Crippen LogP contribution in [-0.4, -0.2) is 28.6 Å². The number of amides is 1. The van der Waals surface area contributed by atoms with Crippen LogP contribution in [-0.2, 0) is 0 Å². The van der Waals surface area contributed by atoms with Crippen LogP contribution in [0.3, 0.4) is 0 Å². The van der Waals surface area contributed by atoms with E-state index in [4.69, 9.17) is 16.3 Å². The van der Waals surface area contributed by atoms with Crippen molar-refractivity contribution in [3.05, 3.63) is 65.7 Å². The van der Waals surface area contributed by atoms with Gasteiger partial charge in [-0.3, -0.25) is 9.36 Å². The highest BCUT2D eigenvalue weighted by atomic mass is 35.5. The van der Waals surface area contributed by atoms with E-state index in [9.17, 15) is 4.79 Å². The Morgan fingerprint density at radius 1 is 1.22 bits per heavy atom. The first kappa shape index (κ1) is 22.4. The van der Waals surface area contributed by atoms with E-state index in [2.05, 4.69) is 31.1 Å². The molecule has 2 aromatic carbocycles. The van der Waals surface area contributed by atoms with Crippen molar-refractivity contribution in [3.63, 3.8) is 0 Å². The molecule has 5 nitrogen and oxygen atoms in total. The van der Waals surface area contributed by atoms with Crippen molar-refractivity contribution >= 4 is 17.5 Å². The number of nitrogens with one attached hydrogen (secondary N) is 1. The van der Waals surface area contributed by atoms with Crippen LogP contribution < -0.4 is 10.1 Å². The van der Waals surface area contributed by atoms with Gasteiger partial charge in [-0.1, -0.05) is 44.5 Å². The Labute approximate surface area is 194 Å². The zero-order chi connectivity index (χ0) is 22.9. The average molecular weight is 452 g/mol. The highest BCUT2D eigenvalue weighted by Gasteiger charge is 2.33. The fraction of sp³-hybridized carbons (Fsp3) is 0.385. The summed E-state index contributed by atoms with van der Waals surface area (Å²) in [5.41, 5.74) is 3.46. The van der Waals surface area contributed by atoms with Crippen LogP contribution in [0.25, 0.3) is 16.8 Å². The van der Waals surface area contributed by atoms with Gasteiger partial charge in [0.05, 0.1) is 19.6 Å². The van der Waals surface area contributed by atoms with Crippen LogP contribution in [0.2, 0.25) is 5.02 Å². The summed E-state index contributed by atoms with van der Waals surface area (Å²) in [5.74, 6) is 1.24. The number of benzene rings is 2. The van der Waals surface area contributed by atoms with Gasteiger partial charge < -0.3 is 10.1 Å². The smallest absolute Gasteiger partial charge is 0.270 e. The molecular weight excluding hydrogens is 422 g/mol. The number of halogens is 1. The van der Waals surface area contributed by atoms with E-state index in [1.54, 1.807) is 25.7 Å². The predicted molar refractivity (Wildman–Crippen MR) is 129 cm³/mol. The Morgan fingerprint density at radius 3 is 2.78 bits per heavy atom. The van der Waals surface area contributed by atoms with Crippen molar-refractivity contribution in [3.8, 4) is 22.6 Å². The number of imidazole rings is 1. The Balaban J connectivity index is 1.61. The van der Waals surface area contributed by atoms with Gasteiger partial charge in [0.2, 0.25) is 0 Å². The van der Waals surface area contributed by atoms with E-state index in [0.29, 0.717) is 16.6 Å². The van der Waals surface area contributed by atoms with Gasteiger partial charge in [-0.15, -0.1) is 0 Å². The van der Waals surface area contributed by atoms with Gasteiger partial charge in [-0.2, -0.15) is 0 Å². The van der Waals surface area contributed by atoms with Crippen LogP contribution in [0.4, 0.5) is 0 Å². The Kier molecular flexibility index (Phi) is 6.29. The number of hydrogen-bond acceptors (Lipinski definition) is 3. The number of nitrogens with zero attached hydrogens (tertiary/aromatic N) is 2. The van der Waals surface area contributed by atoms with Crippen LogP contribution in [0, 0.1) is 11.3 Å². The summed E-state index contributed by atoms with van der Waals surface area (Å²) in [6.45, 7) is 6.82. The summed E-state index contributed by atoms with van der Waals surface area (Å²) in [6, 6.07) is 13.6. The van der Waals surface area contributed by atoms with E-state index >= 15 is 0 Å². The van der Waals surface area contributed by atoms with Gasteiger partial charge in [-0.05, 0) is 66.5 Å². The minimum absolute atomic E-state index is 0.0943. The van der Waals surface area contributed by atoms with Crippen LogP contribution in [0.15, 0.2) is 55.0 Å². The van der Waals surface area contributed by atoms with Gasteiger partial charge in [0.1, 0.15) is 11.4 Å². The van der Waals surface area contributed by atoms with Crippen molar-refractivity contribution in [1.29, 1.82) is 0 Å². The third-order valence-electron chi connectivity index (χ3n) is 6.19. The Hall–Kier alpha value is -2.79. The molecule has 0 saturated heterocycles. The molecule has 1 amide bonds. The quantitative estimate of drug-likeness (QED) is 0.506. The topological polar surface area (TPSA) is 56.2 Å². The Morgan fingerprint density at radius 2 is 2.03 bits per heavy atom. The number of methoxy groups -OCH3 is 1. The van der Waals surface area contributed by atoms with Gasteiger partial charge in [0, 0.05) is 22.3 Å². The summed E-state index contributed by atoms with van der Waals surface area (Å²) in [6.07, 6.45) is 6.49. The van der Waals surface area contributed by atoms with Crippen molar-refractivity contribution in [2.45, 2.75) is 46.1 Å². The second kappa shape index (κ2) is 8.99. The summed E-state index contributed by atoms with van der Waals surface area (Å²) in [4.78, 5) is 17.4. The maximum absolute atomic E-state index is 13.2. The fourth-order valence-corrected chi connectivity index (χ4v) is 5.29. The molecular formula is C26H30ClN3O2. The SMILES string of the molecule is COc1ccc(Cl)cc1-c1cccc(-n2cncc2C(=O)N[C@@H]2C[C@H](C)CC(C)(C)C2)c1. The van der Waals surface area contributed by atoms with E-state index in [-0.39, 0.29) is 17.4 Å². The Bertz CT molecular complexity index is 1120. The molecule has 3 aromatic rings. The normalized spacial score (nSPS) is 20.0. The molecule has 1 saturated carbocycles. The van der Waals surface area contributed by atoms with E-state index in [0.717, 1.165) is 35.4 Å². The molecule has 32 heavy (non-hydrogen) atoms. The monoisotopic (exact) mass is 451 g/mol. The number of hydrogen-bond donors (Lipinski definition) is 1. The van der Waals surface area contributed by atoms with Crippen molar-refractivity contribution in [1.82, 2.24) is 14.9 Å². The molecule has 4 rings (SSSR count). The zero-order valence-electron chi connectivity index (χ0n) is 19.1. The first-order valence-corrected chi connectivity index (χ1v) is 11.4. The maximum atomic E-state index is 13.2. The summed E-state index contributed by atoms with van der Waals surface area (Å²) in [7, 11) is 1.64. The number of carbonyl (C=O) groups excluding carboxylic acids is 1. The molecule has 1 N–H and O–H groups in total. The van der Waals surface area contributed by atoms with Crippen LogP contribution >= 0.6 is 11.6 Å². The molecule has 168 valence electrons. The minimum Gasteiger partial charge on any atom is -0.496 e. The molecule has 6 heteroatoms. The molecule has 1 aliphatic carbocycles. The third kappa shape index (κ3) is 4.83. The molecule has 1 aliphatic rings. The van der Waals surface area contributed by atoms with E-state index < -0.39 is 0 Å². The maximum Gasteiger partial charge on any atom is 0.270 e. The molecule has 1 fully saturated rings. The molecule has 2 atom stereocenters. The fourth-order valence-electron chi connectivity index (χ4n) is 5.11. The lowest BCUT2D eigenvalue weighted by molar-refractivity contribution is 0.0867. The highest BCUT2D eigenvalue weighted by molar-refractivity contribution is 6.31. The van der Waals surface area contributed by atoms with Crippen LogP contribution in [0.5, 0.6) is 5.75 Å². The van der Waals surface area contributed by atoms with Crippen LogP contribution in [0.1, 0.15) is 50.5 Å². The lowest BCUT2D eigenvalue weighted by atomic mass is 9.70. The molecule has 0 unspecified atom stereocenters. The molecule has 1 aromatic heterocycles. The van der Waals surface area contributed by atoms with Gasteiger partial charge in [0.15, 0.2) is 0 Å². The number of rotatable bonds is 5. The van der Waals surface area contributed by atoms with Gasteiger partial charge in [-0.25, -0.2) is 4.98 Å². The van der Waals surface area contributed by atoms with E-state index in [1.807, 2.05) is 41.0 Å². The first-order valence-electron chi connectivity index (χ1n) is 11.0. The van der Waals surface area contributed by atoms with Crippen molar-refractivity contribution < 1.29 is 9.53 Å². The highest BCUT2D eigenvalue weighted by Crippen LogP contribution is 2.38.